The Labute approximate surface area is 205 Å². The topological polar surface area (TPSA) is 65.5 Å². The number of likely N-dealkylation sites (tertiary alicyclic amines) is 1. The molecular weight excluding hydrogens is 443 g/mol. The van der Waals surface area contributed by atoms with Gasteiger partial charge in [-0.1, -0.05) is 50.2 Å². The van der Waals surface area contributed by atoms with Crippen molar-refractivity contribution in [2.45, 2.75) is 26.2 Å². The first-order chi connectivity index (χ1) is 16.7. The summed E-state index contributed by atoms with van der Waals surface area (Å²) in [5.41, 5.74) is 1.34. The molecule has 3 heterocycles. The summed E-state index contributed by atoms with van der Waals surface area (Å²) < 4.78 is 14.4. The van der Waals surface area contributed by atoms with E-state index in [9.17, 15) is 14.0 Å². The summed E-state index contributed by atoms with van der Waals surface area (Å²) in [5, 5.41) is 3.83. The first-order valence-electron chi connectivity index (χ1n) is 12.2. The van der Waals surface area contributed by atoms with Gasteiger partial charge in [0.2, 0.25) is 5.91 Å². The van der Waals surface area contributed by atoms with Crippen molar-refractivity contribution in [2.75, 3.05) is 37.6 Å². The molecule has 2 aliphatic rings. The fourth-order valence-corrected chi connectivity index (χ4v) is 5.45. The molecule has 0 unspecified atom stereocenters. The average molecular weight is 475 g/mol. The third kappa shape index (κ3) is 4.47. The van der Waals surface area contributed by atoms with E-state index < -0.39 is 5.41 Å². The number of nitrogens with zero attached hydrogens (tertiary/aromatic N) is 3. The maximum absolute atomic E-state index is 14.4. The van der Waals surface area contributed by atoms with Gasteiger partial charge in [-0.2, -0.15) is 0 Å². The van der Waals surface area contributed by atoms with E-state index in [-0.39, 0.29) is 17.6 Å². The van der Waals surface area contributed by atoms with Gasteiger partial charge in [0.05, 0.1) is 11.1 Å². The van der Waals surface area contributed by atoms with E-state index in [0.717, 1.165) is 42.9 Å². The largest absolute Gasteiger partial charge is 0.356 e. The number of pyridine rings is 1. The number of nitrogens with one attached hydrogen (secondary N) is 1. The molecule has 0 bridgehead atoms. The highest BCUT2D eigenvalue weighted by atomic mass is 19.1. The van der Waals surface area contributed by atoms with Crippen LogP contribution in [0, 0.1) is 17.7 Å². The van der Waals surface area contributed by atoms with Gasteiger partial charge in [0.25, 0.3) is 5.91 Å². The number of aromatic nitrogens is 1. The molecule has 7 heteroatoms. The van der Waals surface area contributed by atoms with Crippen LogP contribution in [0.2, 0.25) is 0 Å². The summed E-state index contributed by atoms with van der Waals surface area (Å²) in [6.07, 6.45) is 0. The molecule has 2 amide bonds. The number of hydrogen-bond acceptors (Lipinski definition) is 4. The number of carbonyl (C=O) groups is 2. The maximum atomic E-state index is 14.4. The van der Waals surface area contributed by atoms with Crippen LogP contribution in [0.5, 0.6) is 0 Å². The summed E-state index contributed by atoms with van der Waals surface area (Å²) in [7, 11) is 0. The third-order valence-corrected chi connectivity index (χ3v) is 7.50. The van der Waals surface area contributed by atoms with Crippen LogP contribution in [-0.2, 0) is 10.2 Å². The summed E-state index contributed by atoms with van der Waals surface area (Å²) in [6, 6.07) is 16.2. The lowest BCUT2D eigenvalue weighted by molar-refractivity contribution is -0.128. The second-order valence-electron chi connectivity index (χ2n) is 10.4. The zero-order valence-electron chi connectivity index (χ0n) is 20.4. The lowest BCUT2D eigenvalue weighted by atomic mass is 9.84. The van der Waals surface area contributed by atoms with Crippen molar-refractivity contribution >= 4 is 28.5 Å². The Kier molecular flexibility index (Phi) is 5.95. The molecule has 1 aromatic heterocycles. The van der Waals surface area contributed by atoms with Crippen LogP contribution < -0.4 is 10.2 Å². The van der Waals surface area contributed by atoms with Gasteiger partial charge in [-0.3, -0.25) is 9.59 Å². The van der Waals surface area contributed by atoms with Crippen LogP contribution in [0.15, 0.2) is 54.6 Å². The third-order valence-electron chi connectivity index (χ3n) is 7.50. The summed E-state index contributed by atoms with van der Waals surface area (Å²) in [4.78, 5) is 34.2. The predicted molar refractivity (Wildman–Crippen MR) is 135 cm³/mol. The molecule has 2 saturated heterocycles. The van der Waals surface area contributed by atoms with Crippen LogP contribution in [0.1, 0.15) is 36.7 Å². The van der Waals surface area contributed by atoms with E-state index in [0.29, 0.717) is 29.5 Å². The van der Waals surface area contributed by atoms with Crippen molar-refractivity contribution in [3.63, 3.8) is 0 Å². The van der Waals surface area contributed by atoms with Crippen molar-refractivity contribution < 1.29 is 14.0 Å². The van der Waals surface area contributed by atoms with Crippen LogP contribution in [0.4, 0.5) is 10.2 Å². The predicted octanol–water partition coefficient (Wildman–Crippen LogP) is 4.00. The molecule has 2 aliphatic heterocycles. The van der Waals surface area contributed by atoms with E-state index >= 15 is 0 Å². The minimum Gasteiger partial charge on any atom is -0.356 e. The van der Waals surface area contributed by atoms with Gasteiger partial charge in [0.1, 0.15) is 11.6 Å². The second kappa shape index (κ2) is 8.95. The van der Waals surface area contributed by atoms with Crippen LogP contribution >= 0.6 is 0 Å². The Hall–Kier alpha value is -3.48. The molecule has 2 fully saturated rings. The van der Waals surface area contributed by atoms with Crippen molar-refractivity contribution in [2.24, 2.45) is 11.8 Å². The van der Waals surface area contributed by atoms with Gasteiger partial charge >= 0.3 is 0 Å². The normalized spacial score (nSPS) is 19.8. The first kappa shape index (κ1) is 23.3. The van der Waals surface area contributed by atoms with E-state index in [1.165, 1.54) is 6.07 Å². The van der Waals surface area contributed by atoms with Gasteiger partial charge in [-0.25, -0.2) is 9.37 Å². The first-order valence-corrected chi connectivity index (χ1v) is 12.2. The fraction of sp³-hybridized carbons (Fsp3) is 0.393. The second-order valence-corrected chi connectivity index (χ2v) is 10.4. The summed E-state index contributed by atoms with van der Waals surface area (Å²) >= 11 is 0. The van der Waals surface area contributed by atoms with E-state index in [1.54, 1.807) is 19.1 Å². The minimum absolute atomic E-state index is 0.132. The van der Waals surface area contributed by atoms with E-state index in [1.807, 2.05) is 55.1 Å². The van der Waals surface area contributed by atoms with Crippen LogP contribution in [0.25, 0.3) is 10.9 Å². The quantitative estimate of drug-likeness (QED) is 0.607. The summed E-state index contributed by atoms with van der Waals surface area (Å²) in [6.45, 7) is 8.98. The molecule has 2 aromatic carbocycles. The monoisotopic (exact) mass is 474 g/mol. The zero-order valence-corrected chi connectivity index (χ0v) is 20.4. The van der Waals surface area contributed by atoms with Crippen molar-refractivity contribution in [1.29, 1.82) is 0 Å². The van der Waals surface area contributed by atoms with Gasteiger partial charge < -0.3 is 15.1 Å². The molecule has 6 nitrogen and oxygen atoms in total. The number of rotatable bonds is 5. The standard InChI is InChI=1S/C28H31FN4O2/c1-18(34)32-13-19-15-33(16-20(19)14-32)26-12-22(21-8-4-7-11-25(21)31-26)27(35)30-17-28(2,3)23-9-5-6-10-24(23)29/h4-12,19-20H,13-17H2,1-3H3,(H,30,35)/t19-,20+. The van der Waals surface area contributed by atoms with Crippen LogP contribution in [0.3, 0.4) is 0 Å². The van der Waals surface area contributed by atoms with Crippen molar-refractivity contribution in [1.82, 2.24) is 15.2 Å². The van der Waals surface area contributed by atoms with E-state index in [2.05, 4.69) is 10.2 Å². The smallest absolute Gasteiger partial charge is 0.252 e. The number of anilines is 1. The number of benzene rings is 2. The number of halogens is 1. The van der Waals surface area contributed by atoms with Gasteiger partial charge in [-0.05, 0) is 23.8 Å². The fourth-order valence-electron chi connectivity index (χ4n) is 5.45. The molecule has 3 aromatic rings. The Balaban J connectivity index is 1.38. The molecular formula is C28H31FN4O2. The highest BCUT2D eigenvalue weighted by Crippen LogP contribution is 2.35. The number of carbonyl (C=O) groups excluding carboxylic acids is 2. The molecule has 1 N–H and O–H groups in total. The Morgan fingerprint density at radius 1 is 1.03 bits per heavy atom. The number of hydrogen-bond donors (Lipinski definition) is 1. The minimum atomic E-state index is -0.568. The molecule has 2 atom stereocenters. The molecule has 5 rings (SSSR count). The maximum Gasteiger partial charge on any atom is 0.252 e. The molecule has 182 valence electrons. The molecule has 0 radical (unpaired) electrons. The summed E-state index contributed by atoms with van der Waals surface area (Å²) in [5.74, 6) is 1.29. The average Bonchev–Trinajstić information content (AvgIpc) is 3.42. The Morgan fingerprint density at radius 2 is 1.69 bits per heavy atom. The Bertz CT molecular complexity index is 1280. The van der Waals surface area contributed by atoms with Crippen molar-refractivity contribution in [3.8, 4) is 0 Å². The number of amides is 2. The molecule has 35 heavy (non-hydrogen) atoms. The molecule has 0 saturated carbocycles. The molecule has 0 aliphatic carbocycles. The van der Waals surface area contributed by atoms with Crippen molar-refractivity contribution in [3.05, 3.63) is 71.5 Å². The van der Waals surface area contributed by atoms with Crippen LogP contribution in [-0.4, -0.2) is 54.4 Å². The SMILES string of the molecule is CC(=O)N1C[C@@H]2CN(c3cc(C(=O)NCC(C)(C)c4ccccc4F)c4ccccc4n3)C[C@@H]2C1. The lowest BCUT2D eigenvalue weighted by Gasteiger charge is -2.26. The molecule has 0 spiro atoms. The Morgan fingerprint density at radius 3 is 2.37 bits per heavy atom. The lowest BCUT2D eigenvalue weighted by Crippen LogP contribution is -2.37. The number of para-hydroxylation sites is 1. The van der Waals surface area contributed by atoms with Gasteiger partial charge in [-0.15, -0.1) is 0 Å². The zero-order chi connectivity index (χ0) is 24.7. The number of fused-ring (bicyclic) bond motifs is 2. The highest BCUT2D eigenvalue weighted by Gasteiger charge is 2.41. The van der Waals surface area contributed by atoms with Gasteiger partial charge in [0.15, 0.2) is 0 Å². The van der Waals surface area contributed by atoms with E-state index in [4.69, 9.17) is 4.98 Å². The highest BCUT2D eigenvalue weighted by molar-refractivity contribution is 6.07. The van der Waals surface area contributed by atoms with Gasteiger partial charge in [0, 0.05) is 62.3 Å².